The van der Waals surface area contributed by atoms with E-state index in [0.29, 0.717) is 21.8 Å². The number of anilines is 1. The topological polar surface area (TPSA) is 98.7 Å². The van der Waals surface area contributed by atoms with Gasteiger partial charge in [0, 0.05) is 22.3 Å². The van der Waals surface area contributed by atoms with Crippen molar-refractivity contribution in [2.75, 3.05) is 5.32 Å². The second-order valence-corrected chi connectivity index (χ2v) is 8.94. The van der Waals surface area contributed by atoms with E-state index in [4.69, 9.17) is 11.6 Å². The van der Waals surface area contributed by atoms with Crippen molar-refractivity contribution in [2.45, 2.75) is 38.1 Å². The van der Waals surface area contributed by atoms with Crippen molar-refractivity contribution < 1.29 is 19.5 Å². The third kappa shape index (κ3) is 2.63. The van der Waals surface area contributed by atoms with Crippen molar-refractivity contribution in [3.8, 4) is 0 Å². The Hall–Kier alpha value is -2.74. The first kappa shape index (κ1) is 20.2. The highest BCUT2D eigenvalue weighted by Gasteiger charge is 2.71. The molecule has 5 atom stereocenters. The van der Waals surface area contributed by atoms with Crippen LogP contribution in [-0.4, -0.2) is 39.9 Å². The van der Waals surface area contributed by atoms with Crippen molar-refractivity contribution in [2.24, 2.45) is 11.8 Å². The minimum atomic E-state index is -1.41. The molecule has 3 aliphatic rings. The maximum Gasteiger partial charge on any atom is 0.250 e. The largest absolute Gasteiger partial charge is 0.392 e. The number of amides is 3. The lowest BCUT2D eigenvalue weighted by Crippen LogP contribution is -2.54. The van der Waals surface area contributed by atoms with Gasteiger partial charge in [-0.3, -0.25) is 24.6 Å². The lowest BCUT2D eigenvalue weighted by Gasteiger charge is -2.30. The molecular weight excluding hydrogens is 418 g/mol. The van der Waals surface area contributed by atoms with Crippen LogP contribution < -0.4 is 10.6 Å². The molecule has 3 heterocycles. The van der Waals surface area contributed by atoms with Gasteiger partial charge in [0.2, 0.25) is 17.7 Å². The number of halogens is 1. The van der Waals surface area contributed by atoms with Gasteiger partial charge in [-0.25, -0.2) is 0 Å². The molecule has 7 nitrogen and oxygen atoms in total. The zero-order chi connectivity index (χ0) is 22.1. The molecular formula is C23H22ClN3O4. The summed E-state index contributed by atoms with van der Waals surface area (Å²) in [6, 6.07) is 11.8. The molecule has 0 aromatic heterocycles. The number of carbonyl (C=O) groups is 3. The average molecular weight is 440 g/mol. The number of nitrogens with one attached hydrogen (secondary N) is 2. The van der Waals surface area contributed by atoms with E-state index in [1.54, 1.807) is 37.3 Å². The third-order valence-corrected chi connectivity index (χ3v) is 7.16. The Balaban J connectivity index is 1.63. The second-order valence-electron chi connectivity index (χ2n) is 8.53. The minimum Gasteiger partial charge on any atom is -0.392 e. The first-order valence-electron chi connectivity index (χ1n) is 10.2. The fourth-order valence-electron chi connectivity index (χ4n) is 5.33. The predicted octanol–water partition coefficient (Wildman–Crippen LogP) is 1.95. The maximum atomic E-state index is 13.6. The van der Waals surface area contributed by atoms with Crippen LogP contribution in [0.1, 0.15) is 23.6 Å². The van der Waals surface area contributed by atoms with E-state index in [-0.39, 0.29) is 12.5 Å². The molecule has 2 aromatic carbocycles. The summed E-state index contributed by atoms with van der Waals surface area (Å²) in [6.45, 7) is 3.46. The molecule has 31 heavy (non-hydrogen) atoms. The Morgan fingerprint density at radius 3 is 2.58 bits per heavy atom. The molecule has 1 spiro atoms. The molecule has 2 saturated heterocycles. The van der Waals surface area contributed by atoms with Crippen LogP contribution in [0.15, 0.2) is 42.5 Å². The minimum absolute atomic E-state index is 0.0231. The van der Waals surface area contributed by atoms with Gasteiger partial charge >= 0.3 is 0 Å². The quantitative estimate of drug-likeness (QED) is 0.635. The molecule has 0 unspecified atom stereocenters. The summed E-state index contributed by atoms with van der Waals surface area (Å²) in [5, 5.41) is 17.0. The molecule has 0 saturated carbocycles. The zero-order valence-electron chi connectivity index (χ0n) is 17.1. The summed E-state index contributed by atoms with van der Waals surface area (Å²) < 4.78 is 0. The fraction of sp³-hybridized carbons (Fsp3) is 0.348. The van der Waals surface area contributed by atoms with Crippen LogP contribution >= 0.6 is 11.6 Å². The number of aryl methyl sites for hydroxylation is 1. The number of rotatable bonds is 3. The number of benzene rings is 2. The van der Waals surface area contributed by atoms with Crippen LogP contribution in [0.2, 0.25) is 5.02 Å². The SMILES string of the molecule is Cc1cccc2c1NC(=O)[C@@]21N[C@H]([C@H](C)O)[C@H]2C(=O)N(Cc3ccccc3Cl)C(=O)[C@H]21. The zero-order valence-corrected chi connectivity index (χ0v) is 17.8. The Morgan fingerprint density at radius 2 is 1.87 bits per heavy atom. The van der Waals surface area contributed by atoms with Gasteiger partial charge in [0.25, 0.3) is 0 Å². The van der Waals surface area contributed by atoms with Crippen molar-refractivity contribution in [1.29, 1.82) is 0 Å². The molecule has 160 valence electrons. The van der Waals surface area contributed by atoms with E-state index in [2.05, 4.69) is 10.6 Å². The molecule has 2 aromatic rings. The van der Waals surface area contributed by atoms with E-state index >= 15 is 0 Å². The molecule has 2 fully saturated rings. The fourth-order valence-corrected chi connectivity index (χ4v) is 5.53. The number of likely N-dealkylation sites (tertiary alicyclic amines) is 1. The first-order chi connectivity index (χ1) is 14.8. The van der Waals surface area contributed by atoms with E-state index < -0.39 is 41.3 Å². The Labute approximate surface area is 184 Å². The highest BCUT2D eigenvalue weighted by atomic mass is 35.5. The summed E-state index contributed by atoms with van der Waals surface area (Å²) in [6.07, 6.45) is -0.939. The van der Waals surface area contributed by atoms with Crippen molar-refractivity contribution >= 4 is 35.0 Å². The lowest BCUT2D eigenvalue weighted by atomic mass is 9.76. The van der Waals surface area contributed by atoms with Crippen LogP contribution in [0.3, 0.4) is 0 Å². The van der Waals surface area contributed by atoms with Crippen LogP contribution in [0.5, 0.6) is 0 Å². The highest BCUT2D eigenvalue weighted by molar-refractivity contribution is 6.31. The normalized spacial score (nSPS) is 30.0. The van der Waals surface area contributed by atoms with Gasteiger partial charge in [-0.1, -0.05) is 48.0 Å². The number of hydrogen-bond acceptors (Lipinski definition) is 5. The van der Waals surface area contributed by atoms with E-state index in [1.807, 2.05) is 19.1 Å². The van der Waals surface area contributed by atoms with E-state index in [1.165, 1.54) is 4.90 Å². The standard InChI is InChI=1S/C23H22ClN3O4/c1-11-6-5-8-14-18(11)25-22(31)23(14)17-16(19(26-23)12(2)28)20(29)27(21(17)30)10-13-7-3-4-9-15(13)24/h3-9,12,16-17,19,26,28H,10H2,1-2H3,(H,25,31)/t12-,16-,17-,19+,23+/m0/s1. The Kier molecular flexibility index (Phi) is 4.48. The molecule has 3 aliphatic heterocycles. The van der Waals surface area contributed by atoms with Gasteiger partial charge in [0.15, 0.2) is 0 Å². The molecule has 0 aliphatic carbocycles. The van der Waals surface area contributed by atoms with Gasteiger partial charge in [-0.2, -0.15) is 0 Å². The summed E-state index contributed by atoms with van der Waals surface area (Å²) >= 11 is 6.26. The van der Waals surface area contributed by atoms with Crippen LogP contribution in [0.25, 0.3) is 0 Å². The number of fused-ring (bicyclic) bond motifs is 4. The lowest BCUT2D eigenvalue weighted by molar-refractivity contribution is -0.143. The monoisotopic (exact) mass is 439 g/mol. The van der Waals surface area contributed by atoms with Gasteiger partial charge in [0.1, 0.15) is 5.54 Å². The summed E-state index contributed by atoms with van der Waals surface area (Å²) in [7, 11) is 0. The molecule has 3 amide bonds. The van der Waals surface area contributed by atoms with Crippen LogP contribution in [0, 0.1) is 18.8 Å². The van der Waals surface area contributed by atoms with Gasteiger partial charge in [0.05, 0.1) is 24.5 Å². The smallest absolute Gasteiger partial charge is 0.250 e. The third-order valence-electron chi connectivity index (χ3n) is 6.79. The van der Waals surface area contributed by atoms with E-state index in [0.717, 1.165) is 5.56 Å². The predicted molar refractivity (Wildman–Crippen MR) is 114 cm³/mol. The number of nitrogens with zero attached hydrogens (tertiary/aromatic N) is 1. The summed E-state index contributed by atoms with van der Waals surface area (Å²) in [4.78, 5) is 41.6. The Bertz CT molecular complexity index is 1130. The first-order valence-corrected chi connectivity index (χ1v) is 10.6. The molecule has 3 N–H and O–H groups in total. The molecule has 8 heteroatoms. The van der Waals surface area contributed by atoms with Crippen molar-refractivity contribution in [3.05, 3.63) is 64.2 Å². The average Bonchev–Trinajstić information content (AvgIpc) is 3.32. The number of carbonyl (C=O) groups excluding carboxylic acids is 3. The second kappa shape index (κ2) is 6.88. The number of imide groups is 1. The molecule has 5 rings (SSSR count). The highest BCUT2D eigenvalue weighted by Crippen LogP contribution is 2.54. The summed E-state index contributed by atoms with van der Waals surface area (Å²) in [5.41, 5.74) is 1.39. The number of hydrogen-bond donors (Lipinski definition) is 3. The molecule has 0 radical (unpaired) electrons. The van der Waals surface area contributed by atoms with Crippen LogP contribution in [0.4, 0.5) is 5.69 Å². The van der Waals surface area contributed by atoms with Crippen molar-refractivity contribution in [3.63, 3.8) is 0 Å². The van der Waals surface area contributed by atoms with E-state index in [9.17, 15) is 19.5 Å². The van der Waals surface area contributed by atoms with Gasteiger partial charge in [-0.15, -0.1) is 0 Å². The number of para-hydroxylation sites is 1. The summed E-state index contributed by atoms with van der Waals surface area (Å²) in [5.74, 6) is -3.03. The maximum absolute atomic E-state index is 13.6. The number of aliphatic hydroxyl groups is 1. The van der Waals surface area contributed by atoms with Crippen LogP contribution in [-0.2, 0) is 26.5 Å². The molecule has 0 bridgehead atoms. The van der Waals surface area contributed by atoms with Gasteiger partial charge < -0.3 is 10.4 Å². The Morgan fingerprint density at radius 1 is 1.13 bits per heavy atom. The van der Waals surface area contributed by atoms with Gasteiger partial charge in [-0.05, 0) is 31.0 Å². The van der Waals surface area contributed by atoms with Crippen molar-refractivity contribution in [1.82, 2.24) is 10.2 Å². The number of aliphatic hydroxyl groups excluding tert-OH is 1.